The van der Waals surface area contributed by atoms with Gasteiger partial charge in [-0.05, 0) is 35.2 Å². The van der Waals surface area contributed by atoms with Crippen molar-refractivity contribution < 1.29 is 9.21 Å². The number of oxazole rings is 1. The average molecular weight is 389 g/mol. The molecule has 7 heteroatoms. The van der Waals surface area contributed by atoms with E-state index in [1.54, 1.807) is 13.2 Å². The maximum absolute atomic E-state index is 11.4. The first-order valence-electron chi connectivity index (χ1n) is 9.39. The van der Waals surface area contributed by atoms with Crippen molar-refractivity contribution in [1.82, 2.24) is 20.5 Å². The molecule has 3 N–H and O–H groups in total. The van der Waals surface area contributed by atoms with E-state index in [2.05, 4.69) is 53.7 Å². The molecule has 4 rings (SSSR count). The van der Waals surface area contributed by atoms with Crippen molar-refractivity contribution in [3.8, 4) is 22.7 Å². The molecular formula is C22H23N5O2. The van der Waals surface area contributed by atoms with Crippen molar-refractivity contribution in [3.63, 3.8) is 0 Å². The fourth-order valence-corrected chi connectivity index (χ4v) is 3.09. The van der Waals surface area contributed by atoms with Gasteiger partial charge >= 0.3 is 6.03 Å². The molecule has 2 amide bonds. The minimum atomic E-state index is -0.263. The Labute approximate surface area is 168 Å². The maximum atomic E-state index is 11.4. The summed E-state index contributed by atoms with van der Waals surface area (Å²) in [6, 6.07) is 13.3. The Hall–Kier alpha value is -3.61. The van der Waals surface area contributed by atoms with Crippen LogP contribution in [0.5, 0.6) is 0 Å². The third-order valence-electron chi connectivity index (χ3n) is 4.78. The van der Waals surface area contributed by atoms with E-state index in [4.69, 9.17) is 9.40 Å². The second kappa shape index (κ2) is 7.09. The number of nitrogens with one attached hydrogen (secondary N) is 3. The summed E-state index contributed by atoms with van der Waals surface area (Å²) in [5, 5.41) is 12.5. The SMILES string of the molecule is CNC(=O)Nc1ccc(-c2[nH]ncc2-c2nc3cc(C(C)(C)C)ccc3o2)cc1. The van der Waals surface area contributed by atoms with Gasteiger partial charge < -0.3 is 15.1 Å². The van der Waals surface area contributed by atoms with E-state index in [1.165, 1.54) is 5.56 Å². The van der Waals surface area contributed by atoms with Crippen LogP contribution in [0.3, 0.4) is 0 Å². The van der Waals surface area contributed by atoms with E-state index in [-0.39, 0.29) is 11.4 Å². The van der Waals surface area contributed by atoms with Gasteiger partial charge in [-0.1, -0.05) is 39.0 Å². The van der Waals surface area contributed by atoms with E-state index in [0.29, 0.717) is 11.6 Å². The van der Waals surface area contributed by atoms with Crippen molar-refractivity contribution >= 4 is 22.8 Å². The molecule has 148 valence electrons. The number of aromatic amines is 1. The zero-order valence-corrected chi connectivity index (χ0v) is 16.8. The van der Waals surface area contributed by atoms with Gasteiger partial charge in [0.25, 0.3) is 0 Å². The average Bonchev–Trinajstić information content (AvgIpc) is 3.33. The van der Waals surface area contributed by atoms with Gasteiger partial charge in [-0.3, -0.25) is 5.10 Å². The van der Waals surface area contributed by atoms with Gasteiger partial charge in [-0.15, -0.1) is 0 Å². The molecule has 0 atom stereocenters. The van der Waals surface area contributed by atoms with E-state index in [0.717, 1.165) is 27.9 Å². The Morgan fingerprint density at radius 3 is 2.55 bits per heavy atom. The van der Waals surface area contributed by atoms with Gasteiger partial charge in [0.1, 0.15) is 5.52 Å². The number of rotatable bonds is 3. The van der Waals surface area contributed by atoms with Gasteiger partial charge in [-0.25, -0.2) is 9.78 Å². The Morgan fingerprint density at radius 1 is 1.10 bits per heavy atom. The maximum Gasteiger partial charge on any atom is 0.318 e. The van der Waals surface area contributed by atoms with E-state index >= 15 is 0 Å². The molecule has 0 unspecified atom stereocenters. The number of benzene rings is 2. The monoisotopic (exact) mass is 389 g/mol. The van der Waals surface area contributed by atoms with Crippen molar-refractivity contribution in [3.05, 3.63) is 54.2 Å². The summed E-state index contributed by atoms with van der Waals surface area (Å²) in [6.07, 6.45) is 1.71. The minimum Gasteiger partial charge on any atom is -0.436 e. The predicted octanol–water partition coefficient (Wildman–Crippen LogP) is 4.93. The molecule has 0 saturated carbocycles. The topological polar surface area (TPSA) is 95.8 Å². The van der Waals surface area contributed by atoms with Crippen LogP contribution in [-0.4, -0.2) is 28.3 Å². The van der Waals surface area contributed by atoms with E-state index < -0.39 is 0 Å². The molecule has 0 aliphatic rings. The highest BCUT2D eigenvalue weighted by molar-refractivity contribution is 5.89. The first-order valence-corrected chi connectivity index (χ1v) is 9.39. The van der Waals surface area contributed by atoms with Crippen LogP contribution in [0.2, 0.25) is 0 Å². The first kappa shape index (κ1) is 18.7. The summed E-state index contributed by atoms with van der Waals surface area (Å²) in [4.78, 5) is 16.1. The van der Waals surface area contributed by atoms with Crippen molar-refractivity contribution in [2.24, 2.45) is 0 Å². The Kier molecular flexibility index (Phi) is 4.58. The quantitative estimate of drug-likeness (QED) is 0.463. The van der Waals surface area contributed by atoms with Gasteiger partial charge in [0.2, 0.25) is 5.89 Å². The molecule has 0 bridgehead atoms. The lowest BCUT2D eigenvalue weighted by molar-refractivity contribution is 0.254. The number of carbonyl (C=O) groups is 1. The van der Waals surface area contributed by atoms with Crippen LogP contribution in [0.15, 0.2) is 53.1 Å². The molecule has 0 radical (unpaired) electrons. The number of anilines is 1. The lowest BCUT2D eigenvalue weighted by atomic mass is 9.87. The highest BCUT2D eigenvalue weighted by Gasteiger charge is 2.19. The molecule has 0 aliphatic heterocycles. The Bertz CT molecular complexity index is 1170. The van der Waals surface area contributed by atoms with Gasteiger partial charge in [0, 0.05) is 18.3 Å². The smallest absolute Gasteiger partial charge is 0.318 e. The third-order valence-corrected chi connectivity index (χ3v) is 4.78. The molecule has 4 aromatic rings. The summed E-state index contributed by atoms with van der Waals surface area (Å²) in [7, 11) is 1.57. The fourth-order valence-electron chi connectivity index (χ4n) is 3.09. The summed E-state index contributed by atoms with van der Waals surface area (Å²) < 4.78 is 6.00. The van der Waals surface area contributed by atoms with Crippen molar-refractivity contribution in [2.75, 3.05) is 12.4 Å². The summed E-state index contributed by atoms with van der Waals surface area (Å²) in [6.45, 7) is 6.52. The van der Waals surface area contributed by atoms with Crippen LogP contribution in [-0.2, 0) is 5.41 Å². The molecule has 2 heterocycles. The Morgan fingerprint density at radius 2 is 1.86 bits per heavy atom. The number of nitrogens with zero attached hydrogens (tertiary/aromatic N) is 2. The molecule has 29 heavy (non-hydrogen) atoms. The normalized spacial score (nSPS) is 11.6. The lowest BCUT2D eigenvalue weighted by Crippen LogP contribution is -2.24. The summed E-state index contributed by atoms with van der Waals surface area (Å²) in [5.74, 6) is 0.516. The lowest BCUT2D eigenvalue weighted by Gasteiger charge is -2.18. The number of hydrogen-bond acceptors (Lipinski definition) is 4. The molecule has 0 fully saturated rings. The molecule has 0 spiro atoms. The number of amides is 2. The first-order chi connectivity index (χ1) is 13.8. The van der Waals surface area contributed by atoms with Gasteiger partial charge in [-0.2, -0.15) is 5.10 Å². The second-order valence-electron chi connectivity index (χ2n) is 7.89. The second-order valence-corrected chi connectivity index (χ2v) is 7.89. The zero-order valence-electron chi connectivity index (χ0n) is 16.8. The number of H-pyrrole nitrogens is 1. The molecule has 2 aromatic heterocycles. The highest BCUT2D eigenvalue weighted by atomic mass is 16.3. The number of aromatic nitrogens is 3. The van der Waals surface area contributed by atoms with Crippen molar-refractivity contribution in [2.45, 2.75) is 26.2 Å². The standard InChI is InChI=1S/C22H23N5O2/c1-22(2,3)14-7-10-18-17(11-14)26-20(29-18)16-12-24-27-19(16)13-5-8-15(9-6-13)25-21(28)23-4/h5-12H,1-4H3,(H,24,27)(H2,23,25,28). The van der Waals surface area contributed by atoms with Crippen molar-refractivity contribution in [1.29, 1.82) is 0 Å². The van der Waals surface area contributed by atoms with Crippen LogP contribution in [0.1, 0.15) is 26.3 Å². The predicted molar refractivity (Wildman–Crippen MR) is 114 cm³/mol. The number of hydrogen-bond donors (Lipinski definition) is 3. The van der Waals surface area contributed by atoms with Crippen LogP contribution in [0.4, 0.5) is 10.5 Å². The molecular weight excluding hydrogens is 366 g/mol. The van der Waals surface area contributed by atoms with Gasteiger partial charge in [0.15, 0.2) is 5.58 Å². The van der Waals surface area contributed by atoms with E-state index in [1.807, 2.05) is 30.3 Å². The van der Waals surface area contributed by atoms with Gasteiger partial charge in [0.05, 0.1) is 17.5 Å². The van der Waals surface area contributed by atoms with E-state index in [9.17, 15) is 4.79 Å². The fraction of sp³-hybridized carbons (Fsp3) is 0.227. The van der Waals surface area contributed by atoms with Crippen LogP contribution in [0, 0.1) is 0 Å². The minimum absolute atomic E-state index is 0.0402. The third kappa shape index (κ3) is 3.71. The summed E-state index contributed by atoms with van der Waals surface area (Å²) in [5.41, 5.74) is 6.01. The number of urea groups is 1. The molecule has 2 aromatic carbocycles. The molecule has 7 nitrogen and oxygen atoms in total. The van der Waals surface area contributed by atoms with Crippen LogP contribution in [0.25, 0.3) is 33.8 Å². The highest BCUT2D eigenvalue weighted by Crippen LogP contribution is 2.33. The van der Waals surface area contributed by atoms with Crippen LogP contribution >= 0.6 is 0 Å². The summed E-state index contributed by atoms with van der Waals surface area (Å²) >= 11 is 0. The Balaban J connectivity index is 1.68. The molecule has 0 aliphatic carbocycles. The van der Waals surface area contributed by atoms with Crippen LogP contribution < -0.4 is 10.6 Å². The number of carbonyl (C=O) groups excluding carboxylic acids is 1. The number of fused-ring (bicyclic) bond motifs is 1. The largest absolute Gasteiger partial charge is 0.436 e. The molecule has 0 saturated heterocycles. The zero-order chi connectivity index (χ0) is 20.6.